The smallest absolute Gasteiger partial charge is 0.269 e. The molecular formula is C17H16N4O3S. The maximum Gasteiger partial charge on any atom is 0.269 e. The Kier molecular flexibility index (Phi) is 5.30. The normalized spacial score (nSPS) is 10.6. The number of rotatable bonds is 7. The van der Waals surface area contributed by atoms with Crippen molar-refractivity contribution < 1.29 is 9.66 Å². The molecule has 3 aromatic rings. The lowest BCUT2D eigenvalue weighted by atomic mass is 10.3. The molecule has 0 radical (unpaired) electrons. The van der Waals surface area contributed by atoms with Gasteiger partial charge in [0.05, 0.1) is 4.92 Å². The molecule has 0 bridgehead atoms. The maximum absolute atomic E-state index is 10.7. The molecule has 0 spiro atoms. The topological polar surface area (TPSA) is 83.1 Å². The van der Waals surface area contributed by atoms with Gasteiger partial charge in [-0.05, 0) is 30.0 Å². The van der Waals surface area contributed by atoms with E-state index in [0.29, 0.717) is 11.6 Å². The molecule has 2 aromatic carbocycles. The summed E-state index contributed by atoms with van der Waals surface area (Å²) in [6.45, 7) is 2.27. The van der Waals surface area contributed by atoms with Crippen LogP contribution in [0.5, 0.6) is 5.75 Å². The van der Waals surface area contributed by atoms with Gasteiger partial charge in [-0.15, -0.1) is 10.2 Å². The number of thioether (sulfide) groups is 1. The second kappa shape index (κ2) is 7.80. The van der Waals surface area contributed by atoms with E-state index in [1.54, 1.807) is 23.9 Å². The van der Waals surface area contributed by atoms with E-state index in [4.69, 9.17) is 4.74 Å². The van der Waals surface area contributed by atoms with Crippen LogP contribution in [-0.4, -0.2) is 25.4 Å². The van der Waals surface area contributed by atoms with Crippen molar-refractivity contribution in [1.82, 2.24) is 14.8 Å². The van der Waals surface area contributed by atoms with Gasteiger partial charge in [0.2, 0.25) is 0 Å². The number of para-hydroxylation sites is 1. The van der Waals surface area contributed by atoms with Gasteiger partial charge in [0, 0.05) is 17.8 Å². The van der Waals surface area contributed by atoms with E-state index >= 15 is 0 Å². The lowest BCUT2D eigenvalue weighted by Gasteiger charge is -2.10. The lowest BCUT2D eigenvalue weighted by molar-refractivity contribution is -0.384. The first-order chi connectivity index (χ1) is 12.2. The molecule has 0 atom stereocenters. The molecule has 1 heterocycles. The zero-order chi connectivity index (χ0) is 17.6. The highest BCUT2D eigenvalue weighted by molar-refractivity contribution is 7.99. The summed E-state index contributed by atoms with van der Waals surface area (Å²) in [4.78, 5) is 10.3. The van der Waals surface area contributed by atoms with Crippen molar-refractivity contribution in [3.8, 4) is 11.4 Å². The highest BCUT2D eigenvalue weighted by atomic mass is 32.2. The number of nitrogens with zero attached hydrogens (tertiary/aromatic N) is 4. The average Bonchev–Trinajstić information content (AvgIpc) is 3.04. The second-order valence-electron chi connectivity index (χ2n) is 5.04. The van der Waals surface area contributed by atoms with Crippen molar-refractivity contribution >= 4 is 17.4 Å². The fraction of sp³-hybridized carbons (Fsp3) is 0.176. The number of ether oxygens (including phenoxy) is 1. The van der Waals surface area contributed by atoms with Crippen LogP contribution in [0.1, 0.15) is 12.7 Å². The third-order valence-electron chi connectivity index (χ3n) is 3.40. The van der Waals surface area contributed by atoms with Crippen LogP contribution in [0.15, 0.2) is 59.8 Å². The van der Waals surface area contributed by atoms with Crippen LogP contribution in [0, 0.1) is 10.1 Å². The first-order valence-corrected chi connectivity index (χ1v) is 8.67. The molecule has 25 heavy (non-hydrogen) atoms. The van der Waals surface area contributed by atoms with E-state index < -0.39 is 4.92 Å². The third kappa shape index (κ3) is 3.97. The Balaban J connectivity index is 1.81. The lowest BCUT2D eigenvalue weighted by Crippen LogP contribution is -2.06. The van der Waals surface area contributed by atoms with Crippen LogP contribution in [0.4, 0.5) is 5.69 Å². The number of nitro groups is 1. The monoisotopic (exact) mass is 356 g/mol. The summed E-state index contributed by atoms with van der Waals surface area (Å²) in [5.74, 6) is 2.09. The van der Waals surface area contributed by atoms with Crippen molar-refractivity contribution in [2.45, 2.75) is 18.7 Å². The van der Waals surface area contributed by atoms with Gasteiger partial charge >= 0.3 is 0 Å². The Morgan fingerprint density at radius 1 is 1.12 bits per heavy atom. The maximum atomic E-state index is 10.7. The van der Waals surface area contributed by atoms with E-state index in [-0.39, 0.29) is 12.3 Å². The molecule has 1 aromatic heterocycles. The zero-order valence-corrected chi connectivity index (χ0v) is 14.3. The molecule has 0 saturated carbocycles. The summed E-state index contributed by atoms with van der Waals surface area (Å²) in [5.41, 5.74) is 0.993. The van der Waals surface area contributed by atoms with Crippen LogP contribution in [0.3, 0.4) is 0 Å². The van der Waals surface area contributed by atoms with Crippen molar-refractivity contribution in [1.29, 1.82) is 0 Å². The van der Waals surface area contributed by atoms with Gasteiger partial charge in [0.15, 0.2) is 11.0 Å². The molecule has 0 amide bonds. The first kappa shape index (κ1) is 17.0. The zero-order valence-electron chi connectivity index (χ0n) is 13.5. The molecule has 128 valence electrons. The number of hydrogen-bond donors (Lipinski definition) is 0. The molecule has 0 aliphatic rings. The second-order valence-corrected chi connectivity index (χ2v) is 6.27. The Morgan fingerprint density at radius 3 is 2.48 bits per heavy atom. The SMILES string of the molecule is CCSc1nnc(COc2ccc([N+](=O)[O-])cc2)n1-c1ccccc1. The van der Waals surface area contributed by atoms with Gasteiger partial charge in [-0.1, -0.05) is 36.9 Å². The molecule has 0 aliphatic heterocycles. The van der Waals surface area contributed by atoms with E-state index in [2.05, 4.69) is 17.1 Å². The van der Waals surface area contributed by atoms with E-state index in [1.165, 1.54) is 12.1 Å². The van der Waals surface area contributed by atoms with Crippen LogP contribution >= 0.6 is 11.8 Å². The molecule has 7 nitrogen and oxygen atoms in total. The van der Waals surface area contributed by atoms with Gasteiger partial charge in [-0.2, -0.15) is 0 Å². The van der Waals surface area contributed by atoms with Gasteiger partial charge in [0.25, 0.3) is 5.69 Å². The first-order valence-electron chi connectivity index (χ1n) is 7.69. The van der Waals surface area contributed by atoms with Crippen molar-refractivity contribution in [2.75, 3.05) is 5.75 Å². The summed E-state index contributed by atoms with van der Waals surface area (Å²) in [5, 5.41) is 20.0. The molecule has 0 unspecified atom stereocenters. The standard InChI is InChI=1S/C17H16N4O3S/c1-2-25-17-19-18-16(20(17)13-6-4-3-5-7-13)12-24-15-10-8-14(9-11-15)21(22)23/h3-11H,2,12H2,1H3. The summed E-state index contributed by atoms with van der Waals surface area (Å²) in [6.07, 6.45) is 0. The van der Waals surface area contributed by atoms with Crippen LogP contribution in [0.25, 0.3) is 5.69 Å². The molecule has 0 N–H and O–H groups in total. The Hall–Kier alpha value is -2.87. The summed E-state index contributed by atoms with van der Waals surface area (Å²) >= 11 is 1.60. The van der Waals surface area contributed by atoms with Crippen molar-refractivity contribution in [2.24, 2.45) is 0 Å². The van der Waals surface area contributed by atoms with Gasteiger partial charge in [-0.3, -0.25) is 14.7 Å². The molecule has 0 aliphatic carbocycles. The minimum absolute atomic E-state index is 0.0291. The minimum atomic E-state index is -0.440. The average molecular weight is 356 g/mol. The highest BCUT2D eigenvalue weighted by Crippen LogP contribution is 2.23. The predicted octanol–water partition coefficient (Wildman–Crippen LogP) is 3.87. The van der Waals surface area contributed by atoms with Crippen molar-refractivity contribution in [3.05, 3.63) is 70.5 Å². The summed E-state index contributed by atoms with van der Waals surface area (Å²) < 4.78 is 7.68. The van der Waals surface area contributed by atoms with Crippen LogP contribution in [0.2, 0.25) is 0 Å². The Labute approximate surface area is 148 Å². The molecule has 0 saturated heterocycles. The molecule has 0 fully saturated rings. The number of benzene rings is 2. The van der Waals surface area contributed by atoms with Crippen LogP contribution in [-0.2, 0) is 6.61 Å². The largest absolute Gasteiger partial charge is 0.486 e. The molecular weight excluding hydrogens is 340 g/mol. The number of nitro benzene ring substituents is 1. The minimum Gasteiger partial charge on any atom is -0.486 e. The predicted molar refractivity (Wildman–Crippen MR) is 95.2 cm³/mol. The van der Waals surface area contributed by atoms with E-state index in [0.717, 1.165) is 16.6 Å². The summed E-state index contributed by atoms with van der Waals surface area (Å²) in [7, 11) is 0. The molecule has 8 heteroatoms. The third-order valence-corrected chi connectivity index (χ3v) is 4.21. The van der Waals surface area contributed by atoms with E-state index in [1.807, 2.05) is 34.9 Å². The quantitative estimate of drug-likeness (QED) is 0.363. The summed E-state index contributed by atoms with van der Waals surface area (Å²) in [6, 6.07) is 15.8. The fourth-order valence-electron chi connectivity index (χ4n) is 2.26. The highest BCUT2D eigenvalue weighted by Gasteiger charge is 2.14. The van der Waals surface area contributed by atoms with E-state index in [9.17, 15) is 10.1 Å². The Morgan fingerprint density at radius 2 is 1.84 bits per heavy atom. The molecule has 3 rings (SSSR count). The van der Waals surface area contributed by atoms with Crippen molar-refractivity contribution in [3.63, 3.8) is 0 Å². The number of non-ortho nitro benzene ring substituents is 1. The van der Waals surface area contributed by atoms with Gasteiger partial charge in [-0.25, -0.2) is 0 Å². The fourth-order valence-corrected chi connectivity index (χ4v) is 2.96. The van der Waals surface area contributed by atoms with Gasteiger partial charge < -0.3 is 4.74 Å². The van der Waals surface area contributed by atoms with Gasteiger partial charge in [0.1, 0.15) is 12.4 Å². The van der Waals surface area contributed by atoms with Crippen LogP contribution < -0.4 is 4.74 Å². The number of aromatic nitrogens is 3. The Bertz CT molecular complexity index is 850. The number of hydrogen-bond acceptors (Lipinski definition) is 6.